The predicted octanol–water partition coefficient (Wildman–Crippen LogP) is 2.84. The molecule has 1 aromatic heterocycles. The summed E-state index contributed by atoms with van der Waals surface area (Å²) in [6, 6.07) is 13.3. The summed E-state index contributed by atoms with van der Waals surface area (Å²) < 4.78 is 10.8. The average molecular weight is 458 g/mol. The number of carbonyl (C=O) groups is 3. The fourth-order valence-corrected chi connectivity index (χ4v) is 3.19. The van der Waals surface area contributed by atoms with E-state index in [1.165, 1.54) is 12.1 Å². The number of nitrogens with one attached hydrogen (secondary N) is 2. The first-order valence-corrected chi connectivity index (χ1v) is 9.49. The van der Waals surface area contributed by atoms with Gasteiger partial charge in [0.25, 0.3) is 0 Å². The number of carboxylic acids is 1. The Morgan fingerprint density at radius 3 is 2.44 bits per heavy atom. The molecule has 1 saturated carbocycles. The van der Waals surface area contributed by atoms with Crippen LogP contribution >= 0.6 is 12.4 Å². The first-order chi connectivity index (χ1) is 14.8. The molecule has 0 aliphatic heterocycles. The van der Waals surface area contributed by atoms with Gasteiger partial charge in [0.15, 0.2) is 0 Å². The smallest absolute Gasteiger partial charge is 0.379 e. The van der Waals surface area contributed by atoms with E-state index in [1.54, 1.807) is 36.4 Å². The molecule has 5 N–H and O–H groups in total. The molecule has 10 heteroatoms. The molecule has 0 spiro atoms. The van der Waals surface area contributed by atoms with Gasteiger partial charge in [0.1, 0.15) is 22.8 Å². The maximum atomic E-state index is 12.4. The molecule has 0 unspecified atom stereocenters. The SMILES string of the molecule is Cl.N=C(N)c1ccc2cc(OC(=O)c3ccc(CNC(=O)C4(C(=O)O)CC4)o3)ccc2c1. The van der Waals surface area contributed by atoms with Crippen molar-refractivity contribution in [2.45, 2.75) is 19.4 Å². The standard InChI is InChI=1S/C22H19N3O6.ClH/c23-18(24)14-2-1-13-10-15(4-3-12(13)9-14)31-19(26)17-6-5-16(30-17)11-25-20(27)22(7-8-22)21(28)29;/h1-6,9-10H,7-8,11H2,(H3,23,24)(H,25,27)(H,28,29);1H. The minimum Gasteiger partial charge on any atom is -0.480 e. The van der Waals surface area contributed by atoms with Crippen LogP contribution in [0.4, 0.5) is 0 Å². The number of amides is 1. The molecule has 0 bridgehead atoms. The molecule has 1 amide bonds. The first kappa shape index (κ1) is 22.8. The van der Waals surface area contributed by atoms with Crippen LogP contribution in [0.1, 0.15) is 34.7 Å². The van der Waals surface area contributed by atoms with Crippen LogP contribution in [-0.4, -0.2) is 28.8 Å². The van der Waals surface area contributed by atoms with Crippen molar-refractivity contribution in [2.24, 2.45) is 11.1 Å². The van der Waals surface area contributed by atoms with Gasteiger partial charge in [-0.2, -0.15) is 0 Å². The van der Waals surface area contributed by atoms with Gasteiger partial charge >= 0.3 is 11.9 Å². The lowest BCUT2D eigenvalue weighted by molar-refractivity contribution is -0.149. The zero-order chi connectivity index (χ0) is 22.2. The number of hydrogen-bond donors (Lipinski definition) is 4. The highest BCUT2D eigenvalue weighted by atomic mass is 35.5. The zero-order valence-corrected chi connectivity index (χ0v) is 17.5. The van der Waals surface area contributed by atoms with Crippen LogP contribution in [0, 0.1) is 10.8 Å². The van der Waals surface area contributed by atoms with Crippen molar-refractivity contribution in [2.75, 3.05) is 0 Å². The summed E-state index contributed by atoms with van der Waals surface area (Å²) in [7, 11) is 0. The number of rotatable bonds is 7. The van der Waals surface area contributed by atoms with E-state index >= 15 is 0 Å². The Morgan fingerprint density at radius 2 is 1.78 bits per heavy atom. The highest BCUT2D eigenvalue weighted by Gasteiger charge is 2.57. The summed E-state index contributed by atoms with van der Waals surface area (Å²) >= 11 is 0. The molecule has 32 heavy (non-hydrogen) atoms. The maximum absolute atomic E-state index is 12.4. The molecule has 166 valence electrons. The van der Waals surface area contributed by atoms with Crippen molar-refractivity contribution < 1.29 is 28.6 Å². The fourth-order valence-electron chi connectivity index (χ4n) is 3.19. The van der Waals surface area contributed by atoms with E-state index in [1.807, 2.05) is 0 Å². The van der Waals surface area contributed by atoms with E-state index in [9.17, 15) is 14.4 Å². The van der Waals surface area contributed by atoms with Crippen molar-refractivity contribution in [3.63, 3.8) is 0 Å². The Morgan fingerprint density at radius 1 is 1.09 bits per heavy atom. The minimum absolute atomic E-state index is 0. The van der Waals surface area contributed by atoms with Crippen molar-refractivity contribution in [1.29, 1.82) is 5.41 Å². The number of amidine groups is 1. The topological polar surface area (TPSA) is 156 Å². The second kappa shape index (κ2) is 8.72. The maximum Gasteiger partial charge on any atom is 0.379 e. The third-order valence-corrected chi connectivity index (χ3v) is 5.21. The summed E-state index contributed by atoms with van der Waals surface area (Å²) in [5, 5.41) is 20.8. The van der Waals surface area contributed by atoms with Crippen molar-refractivity contribution in [1.82, 2.24) is 5.32 Å². The van der Waals surface area contributed by atoms with Gasteiger partial charge in [-0.3, -0.25) is 15.0 Å². The van der Waals surface area contributed by atoms with E-state index in [0.717, 1.165) is 10.8 Å². The molecular weight excluding hydrogens is 438 g/mol. The van der Waals surface area contributed by atoms with E-state index in [-0.39, 0.29) is 30.5 Å². The lowest BCUT2D eigenvalue weighted by atomic mass is 10.1. The first-order valence-electron chi connectivity index (χ1n) is 9.49. The number of carboxylic acid groups (broad SMARTS) is 1. The van der Waals surface area contributed by atoms with Gasteiger partial charge in [0.2, 0.25) is 11.7 Å². The van der Waals surface area contributed by atoms with Crippen LogP contribution in [-0.2, 0) is 16.1 Å². The molecule has 1 aliphatic carbocycles. The molecule has 1 aliphatic rings. The second-order valence-electron chi connectivity index (χ2n) is 7.36. The van der Waals surface area contributed by atoms with Crippen molar-refractivity contribution in [3.8, 4) is 5.75 Å². The second-order valence-corrected chi connectivity index (χ2v) is 7.36. The largest absolute Gasteiger partial charge is 0.480 e. The Hall–Kier alpha value is -3.85. The monoisotopic (exact) mass is 457 g/mol. The zero-order valence-electron chi connectivity index (χ0n) is 16.7. The van der Waals surface area contributed by atoms with Crippen LogP contribution in [0.5, 0.6) is 5.75 Å². The molecule has 4 rings (SSSR count). The average Bonchev–Trinajstić information content (AvgIpc) is 3.43. The molecule has 1 fully saturated rings. The normalized spacial score (nSPS) is 13.6. The number of halogens is 1. The summed E-state index contributed by atoms with van der Waals surface area (Å²) in [6.07, 6.45) is 0.622. The number of esters is 1. The fraction of sp³-hybridized carbons (Fsp3) is 0.182. The van der Waals surface area contributed by atoms with Crippen LogP contribution in [0.25, 0.3) is 10.8 Å². The van der Waals surface area contributed by atoms with Crippen LogP contribution in [0.3, 0.4) is 0 Å². The van der Waals surface area contributed by atoms with Crippen LogP contribution in [0.2, 0.25) is 0 Å². The predicted molar refractivity (Wildman–Crippen MR) is 117 cm³/mol. The number of carbonyl (C=O) groups excluding carboxylic acids is 2. The third kappa shape index (κ3) is 4.42. The van der Waals surface area contributed by atoms with Gasteiger partial charge in [-0.1, -0.05) is 18.2 Å². The number of furan rings is 1. The molecule has 0 radical (unpaired) electrons. The lowest BCUT2D eigenvalue weighted by Gasteiger charge is -2.09. The molecule has 3 aromatic rings. The van der Waals surface area contributed by atoms with Crippen molar-refractivity contribution >= 4 is 46.9 Å². The Balaban J connectivity index is 0.00000289. The quantitative estimate of drug-likeness (QED) is 0.140. The van der Waals surface area contributed by atoms with E-state index in [0.29, 0.717) is 29.9 Å². The Labute approximate surface area is 188 Å². The van der Waals surface area contributed by atoms with Crippen LogP contribution in [0.15, 0.2) is 52.9 Å². The number of nitrogens with two attached hydrogens (primary N) is 1. The highest BCUT2D eigenvalue weighted by Crippen LogP contribution is 2.46. The Kier molecular flexibility index (Phi) is 6.22. The third-order valence-electron chi connectivity index (χ3n) is 5.21. The molecule has 1 heterocycles. The van der Waals surface area contributed by atoms with Gasteiger partial charge in [0, 0.05) is 5.56 Å². The summed E-state index contributed by atoms with van der Waals surface area (Å²) in [5.41, 5.74) is 4.76. The summed E-state index contributed by atoms with van der Waals surface area (Å²) in [5.74, 6) is -1.87. The highest BCUT2D eigenvalue weighted by molar-refractivity contribution is 6.04. The van der Waals surface area contributed by atoms with E-state index in [2.05, 4.69) is 5.32 Å². The van der Waals surface area contributed by atoms with E-state index in [4.69, 9.17) is 25.4 Å². The number of fused-ring (bicyclic) bond motifs is 1. The number of aliphatic carboxylic acids is 1. The summed E-state index contributed by atoms with van der Waals surface area (Å²) in [6.45, 7) is -0.0321. The number of ether oxygens (including phenoxy) is 1. The molecule has 9 nitrogen and oxygen atoms in total. The van der Waals surface area contributed by atoms with Gasteiger partial charge in [0.05, 0.1) is 6.54 Å². The minimum atomic E-state index is -1.34. The van der Waals surface area contributed by atoms with E-state index < -0.39 is 23.3 Å². The molecule has 0 atom stereocenters. The summed E-state index contributed by atoms with van der Waals surface area (Å²) in [4.78, 5) is 35.6. The molecule has 0 saturated heterocycles. The molecule has 2 aromatic carbocycles. The van der Waals surface area contributed by atoms with Gasteiger partial charge < -0.3 is 25.3 Å². The van der Waals surface area contributed by atoms with Gasteiger partial charge in [-0.25, -0.2) is 4.79 Å². The number of nitrogen functional groups attached to an aromatic ring is 1. The van der Waals surface area contributed by atoms with Gasteiger partial charge in [-0.15, -0.1) is 12.4 Å². The number of benzene rings is 2. The number of hydrogen-bond acceptors (Lipinski definition) is 6. The lowest BCUT2D eigenvalue weighted by Crippen LogP contribution is -2.36. The molecular formula is C22H20ClN3O6. The van der Waals surface area contributed by atoms with Crippen LogP contribution < -0.4 is 15.8 Å². The van der Waals surface area contributed by atoms with Crippen molar-refractivity contribution in [3.05, 3.63) is 65.6 Å². The Bertz CT molecular complexity index is 1230. The van der Waals surface area contributed by atoms with Gasteiger partial charge in [-0.05, 0) is 53.9 Å².